The molecule has 0 atom stereocenters. The molecule has 0 heterocycles. The minimum atomic E-state index is -0.728. The highest BCUT2D eigenvalue weighted by molar-refractivity contribution is 6.31. The number of benzene rings is 1. The standard InChI is InChI=1S/C12H14ClF2N/c1-11(2,16)12(5-6-12)7-3-4-8(14)9(13)10(7)15/h3-4H,5-6,16H2,1-2H3. The van der Waals surface area contributed by atoms with E-state index in [0.29, 0.717) is 5.56 Å². The molecule has 0 spiro atoms. The first-order chi connectivity index (χ1) is 7.29. The number of hydrogen-bond donors (Lipinski definition) is 1. The molecule has 0 saturated heterocycles. The van der Waals surface area contributed by atoms with Gasteiger partial charge >= 0.3 is 0 Å². The number of halogens is 3. The Balaban J connectivity index is 2.55. The van der Waals surface area contributed by atoms with Crippen molar-refractivity contribution in [3.05, 3.63) is 34.4 Å². The van der Waals surface area contributed by atoms with E-state index in [4.69, 9.17) is 17.3 Å². The van der Waals surface area contributed by atoms with Crippen molar-refractivity contribution in [3.8, 4) is 0 Å². The molecule has 1 saturated carbocycles. The summed E-state index contributed by atoms with van der Waals surface area (Å²) >= 11 is 5.58. The van der Waals surface area contributed by atoms with Crippen LogP contribution in [0.3, 0.4) is 0 Å². The summed E-state index contributed by atoms with van der Waals surface area (Å²) in [4.78, 5) is 0. The Hall–Kier alpha value is -0.670. The molecular weight excluding hydrogens is 232 g/mol. The van der Waals surface area contributed by atoms with E-state index < -0.39 is 27.6 Å². The van der Waals surface area contributed by atoms with Crippen molar-refractivity contribution in [2.75, 3.05) is 0 Å². The Labute approximate surface area is 98.6 Å². The van der Waals surface area contributed by atoms with Crippen molar-refractivity contribution in [2.24, 2.45) is 5.73 Å². The average Bonchev–Trinajstić information content (AvgIpc) is 2.94. The molecule has 1 aromatic carbocycles. The number of nitrogens with two attached hydrogens (primary N) is 1. The molecule has 0 aromatic heterocycles. The second-order valence-electron chi connectivity index (χ2n) is 5.03. The SMILES string of the molecule is CC(C)(N)C1(c2ccc(F)c(Cl)c2F)CC1. The lowest BCUT2D eigenvalue weighted by molar-refractivity contribution is 0.378. The van der Waals surface area contributed by atoms with Gasteiger partial charge in [0.2, 0.25) is 0 Å². The lowest BCUT2D eigenvalue weighted by Gasteiger charge is -2.31. The molecule has 4 heteroatoms. The van der Waals surface area contributed by atoms with Gasteiger partial charge in [0.05, 0.1) is 0 Å². The fourth-order valence-electron chi connectivity index (χ4n) is 2.28. The van der Waals surface area contributed by atoms with Crippen LogP contribution in [0.2, 0.25) is 5.02 Å². The molecular formula is C12H14ClF2N. The minimum Gasteiger partial charge on any atom is -0.325 e. The molecule has 0 unspecified atom stereocenters. The van der Waals surface area contributed by atoms with E-state index >= 15 is 0 Å². The fraction of sp³-hybridized carbons (Fsp3) is 0.500. The van der Waals surface area contributed by atoms with Gasteiger partial charge in [-0.05, 0) is 38.3 Å². The summed E-state index contributed by atoms with van der Waals surface area (Å²) < 4.78 is 27.0. The van der Waals surface area contributed by atoms with Gasteiger partial charge in [-0.2, -0.15) is 0 Å². The highest BCUT2D eigenvalue weighted by Crippen LogP contribution is 2.55. The summed E-state index contributed by atoms with van der Waals surface area (Å²) in [6.07, 6.45) is 1.63. The first-order valence-electron chi connectivity index (χ1n) is 5.22. The maximum atomic E-state index is 13.9. The van der Waals surface area contributed by atoms with Crippen molar-refractivity contribution < 1.29 is 8.78 Å². The molecule has 2 N–H and O–H groups in total. The summed E-state index contributed by atoms with van der Waals surface area (Å²) in [6, 6.07) is 2.66. The summed E-state index contributed by atoms with van der Waals surface area (Å²) in [7, 11) is 0. The normalized spacial score (nSPS) is 18.6. The molecule has 0 radical (unpaired) electrons. The third kappa shape index (κ3) is 1.54. The lowest BCUT2D eigenvalue weighted by Crippen LogP contribution is -2.45. The number of hydrogen-bond acceptors (Lipinski definition) is 1. The molecule has 2 rings (SSSR count). The Bertz CT molecular complexity index is 433. The Morgan fingerprint density at radius 1 is 1.31 bits per heavy atom. The summed E-state index contributed by atoms with van der Waals surface area (Å²) in [6.45, 7) is 3.72. The van der Waals surface area contributed by atoms with Crippen LogP contribution in [0, 0.1) is 11.6 Å². The molecule has 88 valence electrons. The van der Waals surface area contributed by atoms with Gasteiger partial charge in [0.25, 0.3) is 0 Å². The van der Waals surface area contributed by atoms with Gasteiger partial charge in [-0.25, -0.2) is 8.78 Å². The van der Waals surface area contributed by atoms with Crippen LogP contribution in [0.25, 0.3) is 0 Å². The maximum absolute atomic E-state index is 13.9. The van der Waals surface area contributed by atoms with Crippen molar-refractivity contribution in [2.45, 2.75) is 37.6 Å². The smallest absolute Gasteiger partial charge is 0.148 e. The van der Waals surface area contributed by atoms with Crippen LogP contribution in [-0.2, 0) is 5.41 Å². The average molecular weight is 246 g/mol. The lowest BCUT2D eigenvalue weighted by atomic mass is 9.79. The molecule has 0 aliphatic heterocycles. The van der Waals surface area contributed by atoms with Crippen LogP contribution in [0.5, 0.6) is 0 Å². The van der Waals surface area contributed by atoms with Gasteiger partial charge in [0.15, 0.2) is 0 Å². The highest BCUT2D eigenvalue weighted by Gasteiger charge is 2.55. The molecule has 1 aromatic rings. The Kier molecular flexibility index (Phi) is 2.52. The van der Waals surface area contributed by atoms with Crippen LogP contribution in [-0.4, -0.2) is 5.54 Å². The molecule has 1 aliphatic rings. The zero-order valence-corrected chi connectivity index (χ0v) is 10.0. The van der Waals surface area contributed by atoms with E-state index in [1.165, 1.54) is 12.1 Å². The predicted molar refractivity (Wildman–Crippen MR) is 60.5 cm³/mol. The van der Waals surface area contributed by atoms with E-state index in [2.05, 4.69) is 0 Å². The van der Waals surface area contributed by atoms with E-state index in [1.54, 1.807) is 0 Å². The van der Waals surface area contributed by atoms with Crippen molar-refractivity contribution in [3.63, 3.8) is 0 Å². The third-order valence-corrected chi connectivity index (χ3v) is 3.88. The van der Waals surface area contributed by atoms with Crippen LogP contribution in [0.1, 0.15) is 32.3 Å². The van der Waals surface area contributed by atoms with Gasteiger partial charge in [-0.1, -0.05) is 17.7 Å². The zero-order chi connectivity index (χ0) is 12.1. The van der Waals surface area contributed by atoms with Crippen LogP contribution < -0.4 is 5.73 Å². The molecule has 0 amide bonds. The van der Waals surface area contributed by atoms with Crippen LogP contribution >= 0.6 is 11.6 Å². The second kappa shape index (κ2) is 3.41. The van der Waals surface area contributed by atoms with Crippen LogP contribution in [0.15, 0.2) is 12.1 Å². The van der Waals surface area contributed by atoms with Gasteiger partial charge in [-0.15, -0.1) is 0 Å². The summed E-state index contributed by atoms with van der Waals surface area (Å²) in [5.74, 6) is -1.40. The van der Waals surface area contributed by atoms with E-state index in [0.717, 1.165) is 12.8 Å². The monoisotopic (exact) mass is 245 g/mol. The van der Waals surface area contributed by atoms with Gasteiger partial charge < -0.3 is 5.73 Å². The summed E-state index contributed by atoms with van der Waals surface area (Å²) in [5, 5.41) is -0.437. The second-order valence-corrected chi connectivity index (χ2v) is 5.40. The fourth-order valence-corrected chi connectivity index (χ4v) is 2.45. The van der Waals surface area contributed by atoms with Crippen molar-refractivity contribution in [1.29, 1.82) is 0 Å². The predicted octanol–water partition coefficient (Wildman–Crippen LogP) is 3.39. The minimum absolute atomic E-state index is 0.394. The topological polar surface area (TPSA) is 26.0 Å². The molecule has 16 heavy (non-hydrogen) atoms. The first kappa shape index (κ1) is 11.8. The highest BCUT2D eigenvalue weighted by atomic mass is 35.5. The van der Waals surface area contributed by atoms with Crippen molar-refractivity contribution >= 4 is 11.6 Å². The first-order valence-corrected chi connectivity index (χ1v) is 5.60. The largest absolute Gasteiger partial charge is 0.325 e. The molecule has 1 aliphatic carbocycles. The zero-order valence-electron chi connectivity index (χ0n) is 9.28. The van der Waals surface area contributed by atoms with Gasteiger partial charge in [0.1, 0.15) is 16.7 Å². The molecule has 1 fully saturated rings. The van der Waals surface area contributed by atoms with Gasteiger partial charge in [0, 0.05) is 11.0 Å². The molecule has 1 nitrogen and oxygen atoms in total. The third-order valence-electron chi connectivity index (χ3n) is 3.53. The Morgan fingerprint density at radius 2 is 1.88 bits per heavy atom. The van der Waals surface area contributed by atoms with E-state index in [1.807, 2.05) is 13.8 Å². The molecule has 0 bridgehead atoms. The number of rotatable bonds is 2. The van der Waals surface area contributed by atoms with E-state index in [9.17, 15) is 8.78 Å². The quantitative estimate of drug-likeness (QED) is 0.795. The van der Waals surface area contributed by atoms with Gasteiger partial charge in [-0.3, -0.25) is 0 Å². The van der Waals surface area contributed by atoms with Crippen LogP contribution in [0.4, 0.5) is 8.78 Å². The Morgan fingerprint density at radius 3 is 2.31 bits per heavy atom. The van der Waals surface area contributed by atoms with Crippen molar-refractivity contribution in [1.82, 2.24) is 0 Å². The van der Waals surface area contributed by atoms with E-state index in [-0.39, 0.29) is 0 Å². The summed E-state index contributed by atoms with van der Waals surface area (Å²) in [5.41, 5.74) is 5.57. The maximum Gasteiger partial charge on any atom is 0.148 e.